The Morgan fingerprint density at radius 2 is 1.59 bits per heavy atom. The second-order valence-corrected chi connectivity index (χ2v) is 6.56. The van der Waals surface area contributed by atoms with Gasteiger partial charge in [0.05, 0.1) is 13.2 Å². The Bertz CT molecular complexity index is 831. The zero-order valence-electron chi connectivity index (χ0n) is 17.3. The number of ether oxygens (including phenoxy) is 3. The van der Waals surface area contributed by atoms with Crippen LogP contribution in [-0.2, 0) is 4.79 Å². The molecule has 0 unspecified atom stereocenters. The highest BCUT2D eigenvalue weighted by Crippen LogP contribution is 2.28. The van der Waals surface area contributed by atoms with Gasteiger partial charge in [0.15, 0.2) is 18.1 Å². The maximum Gasteiger partial charge on any atom is 0.276 e. The number of hydrazine groups is 1. The van der Waals surface area contributed by atoms with E-state index in [9.17, 15) is 9.59 Å². The van der Waals surface area contributed by atoms with Crippen molar-refractivity contribution in [3.63, 3.8) is 0 Å². The lowest BCUT2D eigenvalue weighted by molar-refractivity contribution is -0.123. The van der Waals surface area contributed by atoms with Crippen molar-refractivity contribution < 1.29 is 23.8 Å². The van der Waals surface area contributed by atoms with Crippen molar-refractivity contribution in [1.82, 2.24) is 10.9 Å². The van der Waals surface area contributed by atoms with Gasteiger partial charge < -0.3 is 14.2 Å². The third-order valence-electron chi connectivity index (χ3n) is 3.85. The zero-order chi connectivity index (χ0) is 21.2. The minimum Gasteiger partial charge on any atom is -0.490 e. The average molecular weight is 400 g/mol. The number of aryl methyl sites for hydroxylation is 2. The van der Waals surface area contributed by atoms with Gasteiger partial charge in [0.25, 0.3) is 11.8 Å². The van der Waals surface area contributed by atoms with Crippen LogP contribution in [-0.4, -0.2) is 31.6 Å². The lowest BCUT2D eigenvalue weighted by atomic mass is 10.1. The van der Waals surface area contributed by atoms with Gasteiger partial charge in [0, 0.05) is 5.56 Å². The summed E-state index contributed by atoms with van der Waals surface area (Å²) in [7, 11) is 0. The molecule has 2 amide bonds. The highest BCUT2D eigenvalue weighted by atomic mass is 16.5. The molecule has 0 heterocycles. The van der Waals surface area contributed by atoms with E-state index < -0.39 is 11.8 Å². The van der Waals surface area contributed by atoms with Crippen LogP contribution in [0.5, 0.6) is 17.2 Å². The largest absolute Gasteiger partial charge is 0.490 e. The van der Waals surface area contributed by atoms with E-state index in [1.165, 1.54) is 0 Å². The van der Waals surface area contributed by atoms with Gasteiger partial charge in [-0.1, -0.05) is 13.0 Å². The Hall–Kier alpha value is -3.22. The molecule has 7 nitrogen and oxygen atoms in total. The van der Waals surface area contributed by atoms with E-state index in [1.54, 1.807) is 18.2 Å². The SMILES string of the molecule is CCCOc1ccc(C(=O)NNC(=O)COc2cc(C)cc(C)c2)cc1OCC. The molecule has 0 aliphatic carbocycles. The number of nitrogens with one attached hydrogen (secondary N) is 2. The van der Waals surface area contributed by atoms with Crippen LogP contribution in [0, 0.1) is 13.8 Å². The number of rotatable bonds is 9. The first-order valence-electron chi connectivity index (χ1n) is 9.62. The lowest BCUT2D eigenvalue weighted by Gasteiger charge is -2.13. The van der Waals surface area contributed by atoms with Crippen LogP contribution in [0.4, 0.5) is 0 Å². The Kier molecular flexibility index (Phi) is 8.33. The van der Waals surface area contributed by atoms with Crippen LogP contribution in [0.2, 0.25) is 0 Å². The Morgan fingerprint density at radius 1 is 0.862 bits per heavy atom. The molecule has 0 bridgehead atoms. The van der Waals surface area contributed by atoms with Crippen LogP contribution >= 0.6 is 0 Å². The summed E-state index contributed by atoms with van der Waals surface area (Å²) in [5, 5.41) is 0. The molecular formula is C22H28N2O5. The predicted molar refractivity (Wildman–Crippen MR) is 110 cm³/mol. The first-order valence-corrected chi connectivity index (χ1v) is 9.62. The van der Waals surface area contributed by atoms with Crippen LogP contribution in [0.1, 0.15) is 41.8 Å². The van der Waals surface area contributed by atoms with Crippen molar-refractivity contribution in [2.45, 2.75) is 34.1 Å². The van der Waals surface area contributed by atoms with E-state index in [-0.39, 0.29) is 6.61 Å². The second kappa shape index (κ2) is 10.9. The first-order chi connectivity index (χ1) is 13.9. The molecule has 2 N–H and O–H groups in total. The van der Waals surface area contributed by atoms with Crippen LogP contribution in [0.3, 0.4) is 0 Å². The molecule has 0 saturated heterocycles. The monoisotopic (exact) mass is 400 g/mol. The summed E-state index contributed by atoms with van der Waals surface area (Å²) in [6, 6.07) is 10.6. The summed E-state index contributed by atoms with van der Waals surface area (Å²) in [5.74, 6) is 0.736. The quantitative estimate of drug-likeness (QED) is 0.631. The van der Waals surface area contributed by atoms with Crippen LogP contribution in [0.25, 0.3) is 0 Å². The summed E-state index contributed by atoms with van der Waals surface area (Å²) in [5.41, 5.74) is 7.15. The van der Waals surface area contributed by atoms with E-state index in [0.717, 1.165) is 17.5 Å². The van der Waals surface area contributed by atoms with Crippen molar-refractivity contribution in [3.8, 4) is 17.2 Å². The average Bonchev–Trinajstić information content (AvgIpc) is 2.69. The standard InChI is InChI=1S/C22H28N2O5/c1-5-9-28-19-8-7-17(13-20(19)27-6-2)22(26)24-23-21(25)14-29-18-11-15(3)10-16(4)12-18/h7-8,10-13H,5-6,9,14H2,1-4H3,(H,23,25)(H,24,26). The van der Waals surface area contributed by atoms with E-state index in [1.807, 2.05) is 45.9 Å². The minimum atomic E-state index is -0.467. The minimum absolute atomic E-state index is 0.211. The Balaban J connectivity index is 1.90. The molecule has 2 aromatic carbocycles. The molecule has 0 aromatic heterocycles. The number of benzene rings is 2. The van der Waals surface area contributed by atoms with Crippen molar-refractivity contribution in [3.05, 3.63) is 53.1 Å². The van der Waals surface area contributed by atoms with Gasteiger partial charge in [0.1, 0.15) is 5.75 Å². The number of amides is 2. The van der Waals surface area contributed by atoms with Gasteiger partial charge in [-0.3, -0.25) is 20.4 Å². The van der Waals surface area contributed by atoms with Gasteiger partial charge in [-0.25, -0.2) is 0 Å². The third kappa shape index (κ3) is 7.03. The van der Waals surface area contributed by atoms with Crippen molar-refractivity contribution in [2.75, 3.05) is 19.8 Å². The summed E-state index contributed by atoms with van der Waals surface area (Å²) in [4.78, 5) is 24.3. The number of hydrogen-bond donors (Lipinski definition) is 2. The molecule has 156 valence electrons. The molecule has 2 aromatic rings. The zero-order valence-corrected chi connectivity index (χ0v) is 17.3. The van der Waals surface area contributed by atoms with Crippen molar-refractivity contribution in [1.29, 1.82) is 0 Å². The van der Waals surface area contributed by atoms with Gasteiger partial charge >= 0.3 is 0 Å². The molecule has 7 heteroatoms. The molecule has 0 fully saturated rings. The van der Waals surface area contributed by atoms with E-state index in [4.69, 9.17) is 14.2 Å². The Morgan fingerprint density at radius 3 is 2.24 bits per heavy atom. The maximum absolute atomic E-state index is 12.3. The lowest BCUT2D eigenvalue weighted by Crippen LogP contribution is -2.43. The molecule has 0 radical (unpaired) electrons. The maximum atomic E-state index is 12.3. The predicted octanol–water partition coefficient (Wildman–Crippen LogP) is 3.33. The van der Waals surface area contributed by atoms with Gasteiger partial charge in [-0.05, 0) is 68.7 Å². The summed E-state index contributed by atoms with van der Waals surface area (Å²) in [6.07, 6.45) is 0.865. The van der Waals surface area contributed by atoms with Gasteiger partial charge in [0.2, 0.25) is 0 Å². The molecule has 0 aliphatic rings. The molecule has 2 rings (SSSR count). The summed E-state index contributed by atoms with van der Waals surface area (Å²) < 4.78 is 16.6. The number of hydrogen-bond acceptors (Lipinski definition) is 5. The molecule has 0 aliphatic heterocycles. The number of carbonyl (C=O) groups is 2. The fourth-order valence-corrected chi connectivity index (χ4v) is 2.65. The highest BCUT2D eigenvalue weighted by molar-refractivity contribution is 5.96. The fourth-order valence-electron chi connectivity index (χ4n) is 2.65. The van der Waals surface area contributed by atoms with Crippen LogP contribution < -0.4 is 25.1 Å². The van der Waals surface area contributed by atoms with E-state index in [2.05, 4.69) is 10.9 Å². The molecule has 0 spiro atoms. The smallest absolute Gasteiger partial charge is 0.276 e. The topological polar surface area (TPSA) is 85.9 Å². The van der Waals surface area contributed by atoms with Gasteiger partial charge in [-0.15, -0.1) is 0 Å². The van der Waals surface area contributed by atoms with Crippen molar-refractivity contribution in [2.24, 2.45) is 0 Å². The normalized spacial score (nSPS) is 10.2. The summed E-state index contributed by atoms with van der Waals surface area (Å²) >= 11 is 0. The molecule has 0 saturated carbocycles. The third-order valence-corrected chi connectivity index (χ3v) is 3.85. The summed E-state index contributed by atoms with van der Waals surface area (Å²) in [6.45, 7) is 8.56. The van der Waals surface area contributed by atoms with Crippen molar-refractivity contribution >= 4 is 11.8 Å². The number of carbonyl (C=O) groups excluding carboxylic acids is 2. The Labute approximate surface area is 171 Å². The first kappa shape index (κ1) is 22.1. The molecule has 29 heavy (non-hydrogen) atoms. The van der Waals surface area contributed by atoms with Crippen LogP contribution in [0.15, 0.2) is 36.4 Å². The molecule has 0 atom stereocenters. The van der Waals surface area contributed by atoms with E-state index in [0.29, 0.717) is 36.0 Å². The van der Waals surface area contributed by atoms with Gasteiger partial charge in [-0.2, -0.15) is 0 Å². The van der Waals surface area contributed by atoms with E-state index >= 15 is 0 Å². The molecular weight excluding hydrogens is 372 g/mol. The second-order valence-electron chi connectivity index (χ2n) is 6.56. The fraction of sp³-hybridized carbons (Fsp3) is 0.364. The highest BCUT2D eigenvalue weighted by Gasteiger charge is 2.13.